The number of hydrogen-bond acceptors (Lipinski definition) is 2. The molecule has 0 aromatic carbocycles. The van der Waals surface area contributed by atoms with Crippen molar-refractivity contribution in [1.82, 2.24) is 4.90 Å². The van der Waals surface area contributed by atoms with E-state index in [9.17, 15) is 9.59 Å². The maximum Gasteiger partial charge on any atom is 0.319 e. The summed E-state index contributed by atoms with van der Waals surface area (Å²) in [6.45, 7) is 4.88. The van der Waals surface area contributed by atoms with Gasteiger partial charge in [0.1, 0.15) is 5.41 Å². The minimum atomic E-state index is -1.06. The number of nitrogens with zero attached hydrogens (tertiary/aromatic N) is 1. The maximum absolute atomic E-state index is 12.2. The third kappa shape index (κ3) is 1.60. The molecule has 0 radical (unpaired) electrons. The number of carbonyl (C=O) groups is 2. The Balaban J connectivity index is 2.13. The van der Waals surface area contributed by atoms with Crippen LogP contribution in [0.3, 0.4) is 0 Å². The third-order valence-corrected chi connectivity index (χ3v) is 4.20. The molecule has 1 amide bonds. The van der Waals surface area contributed by atoms with Gasteiger partial charge in [0.2, 0.25) is 5.91 Å². The van der Waals surface area contributed by atoms with Crippen LogP contribution in [0, 0.1) is 11.3 Å². The monoisotopic (exact) mass is 225 g/mol. The molecule has 4 heteroatoms. The van der Waals surface area contributed by atoms with Crippen LogP contribution in [0.4, 0.5) is 0 Å². The summed E-state index contributed by atoms with van der Waals surface area (Å²) in [5, 5.41) is 9.11. The molecule has 4 nitrogen and oxygen atoms in total. The van der Waals surface area contributed by atoms with Crippen molar-refractivity contribution in [3.8, 4) is 0 Å². The van der Waals surface area contributed by atoms with Crippen LogP contribution < -0.4 is 0 Å². The summed E-state index contributed by atoms with van der Waals surface area (Å²) in [5.74, 6) is -0.621. The number of carbonyl (C=O) groups excluding carboxylic acids is 1. The van der Waals surface area contributed by atoms with Crippen LogP contribution in [0.1, 0.15) is 39.5 Å². The lowest BCUT2D eigenvalue weighted by molar-refractivity contribution is -0.155. The van der Waals surface area contributed by atoms with Gasteiger partial charge in [-0.2, -0.15) is 0 Å². The summed E-state index contributed by atoms with van der Waals surface area (Å²) in [6, 6.07) is 0.179. The molecule has 1 saturated heterocycles. The molecule has 1 saturated carbocycles. The number of piperidine rings is 1. The molecule has 90 valence electrons. The van der Waals surface area contributed by atoms with Crippen LogP contribution in [0.15, 0.2) is 0 Å². The second-order valence-corrected chi connectivity index (χ2v) is 5.25. The van der Waals surface area contributed by atoms with E-state index in [-0.39, 0.29) is 11.9 Å². The van der Waals surface area contributed by atoms with E-state index < -0.39 is 11.4 Å². The van der Waals surface area contributed by atoms with Crippen molar-refractivity contribution in [2.45, 2.75) is 45.6 Å². The molecule has 2 fully saturated rings. The second kappa shape index (κ2) is 3.75. The molecule has 16 heavy (non-hydrogen) atoms. The molecular weight excluding hydrogens is 206 g/mol. The topological polar surface area (TPSA) is 57.6 Å². The van der Waals surface area contributed by atoms with Crippen molar-refractivity contribution in [2.24, 2.45) is 11.3 Å². The second-order valence-electron chi connectivity index (χ2n) is 5.25. The largest absolute Gasteiger partial charge is 0.480 e. The van der Waals surface area contributed by atoms with Gasteiger partial charge in [-0.05, 0) is 38.5 Å². The van der Waals surface area contributed by atoms with Crippen molar-refractivity contribution in [2.75, 3.05) is 6.54 Å². The third-order valence-electron chi connectivity index (χ3n) is 4.20. The lowest BCUT2D eigenvalue weighted by Crippen LogP contribution is -2.50. The summed E-state index contributed by atoms with van der Waals surface area (Å²) in [4.78, 5) is 25.1. The zero-order valence-electron chi connectivity index (χ0n) is 9.90. The predicted octanol–water partition coefficient (Wildman–Crippen LogP) is 1.50. The number of rotatable bonds is 2. The van der Waals surface area contributed by atoms with Gasteiger partial charge in [0, 0.05) is 12.6 Å². The van der Waals surface area contributed by atoms with E-state index in [0.29, 0.717) is 18.8 Å². The van der Waals surface area contributed by atoms with Gasteiger partial charge in [0.25, 0.3) is 0 Å². The highest BCUT2D eigenvalue weighted by atomic mass is 16.4. The highest BCUT2D eigenvalue weighted by molar-refractivity contribution is 6.05. The van der Waals surface area contributed by atoms with Gasteiger partial charge in [-0.15, -0.1) is 0 Å². The number of carboxylic acids is 1. The molecule has 2 rings (SSSR count). The fourth-order valence-corrected chi connectivity index (χ4v) is 2.54. The summed E-state index contributed by atoms with van der Waals surface area (Å²) in [6.07, 6.45) is 3.15. The first-order valence-corrected chi connectivity index (χ1v) is 6.03. The first-order valence-electron chi connectivity index (χ1n) is 6.03. The Morgan fingerprint density at radius 2 is 1.94 bits per heavy atom. The Labute approximate surface area is 95.6 Å². The SMILES string of the molecule is CC1CCCN(C(=O)C2(C(=O)O)CC2)C1C. The number of amides is 1. The Bertz CT molecular complexity index is 322. The van der Waals surface area contributed by atoms with E-state index in [1.165, 1.54) is 0 Å². The average molecular weight is 225 g/mol. The number of hydrogen-bond donors (Lipinski definition) is 1. The van der Waals surface area contributed by atoms with Crippen molar-refractivity contribution in [3.05, 3.63) is 0 Å². The van der Waals surface area contributed by atoms with Crippen LogP contribution in [-0.4, -0.2) is 34.5 Å². The fourth-order valence-electron chi connectivity index (χ4n) is 2.54. The number of aliphatic carboxylic acids is 1. The predicted molar refractivity (Wildman–Crippen MR) is 58.9 cm³/mol. The average Bonchev–Trinajstić information content (AvgIpc) is 3.02. The van der Waals surface area contributed by atoms with Gasteiger partial charge in [-0.1, -0.05) is 6.92 Å². The molecule has 0 bridgehead atoms. The molecule has 1 heterocycles. The molecule has 2 aliphatic rings. The van der Waals surface area contributed by atoms with Crippen LogP contribution in [0.2, 0.25) is 0 Å². The van der Waals surface area contributed by atoms with Crippen LogP contribution in [0.25, 0.3) is 0 Å². The van der Waals surface area contributed by atoms with Gasteiger partial charge in [-0.3, -0.25) is 9.59 Å². The summed E-state index contributed by atoms with van der Waals surface area (Å²) < 4.78 is 0. The molecule has 0 aromatic rings. The molecule has 1 aliphatic carbocycles. The number of likely N-dealkylation sites (tertiary alicyclic amines) is 1. The van der Waals surface area contributed by atoms with Crippen LogP contribution in [0.5, 0.6) is 0 Å². The van der Waals surface area contributed by atoms with Gasteiger partial charge in [0.15, 0.2) is 0 Å². The Hall–Kier alpha value is -1.06. The van der Waals surface area contributed by atoms with Gasteiger partial charge in [-0.25, -0.2) is 0 Å². The minimum Gasteiger partial charge on any atom is -0.480 e. The smallest absolute Gasteiger partial charge is 0.319 e. The Morgan fingerprint density at radius 1 is 1.31 bits per heavy atom. The van der Waals surface area contributed by atoms with E-state index in [1.54, 1.807) is 4.90 Å². The van der Waals surface area contributed by atoms with E-state index in [0.717, 1.165) is 19.4 Å². The molecule has 1 aliphatic heterocycles. The standard InChI is InChI=1S/C12H19NO3/c1-8-4-3-7-13(9(8)2)10(14)12(5-6-12)11(15)16/h8-9H,3-7H2,1-2H3,(H,15,16). The molecule has 1 N–H and O–H groups in total. The van der Waals surface area contributed by atoms with Gasteiger partial charge < -0.3 is 10.0 Å². The molecule has 0 spiro atoms. The minimum absolute atomic E-state index is 0.154. The van der Waals surface area contributed by atoms with E-state index in [4.69, 9.17) is 5.11 Å². The van der Waals surface area contributed by atoms with Gasteiger partial charge in [0.05, 0.1) is 0 Å². The van der Waals surface area contributed by atoms with Gasteiger partial charge >= 0.3 is 5.97 Å². The Morgan fingerprint density at radius 3 is 2.44 bits per heavy atom. The first kappa shape index (κ1) is 11.4. The van der Waals surface area contributed by atoms with Crippen molar-refractivity contribution in [3.63, 3.8) is 0 Å². The molecule has 0 aromatic heterocycles. The fraction of sp³-hybridized carbons (Fsp3) is 0.833. The van der Waals surface area contributed by atoms with Crippen molar-refractivity contribution >= 4 is 11.9 Å². The normalized spacial score (nSPS) is 32.2. The lowest BCUT2D eigenvalue weighted by Gasteiger charge is -2.39. The van der Waals surface area contributed by atoms with E-state index in [2.05, 4.69) is 6.92 Å². The van der Waals surface area contributed by atoms with Crippen molar-refractivity contribution in [1.29, 1.82) is 0 Å². The molecule has 2 atom stereocenters. The van der Waals surface area contributed by atoms with E-state index >= 15 is 0 Å². The summed E-state index contributed by atoms with van der Waals surface area (Å²) >= 11 is 0. The first-order chi connectivity index (χ1) is 7.49. The number of carboxylic acid groups (broad SMARTS) is 1. The van der Waals surface area contributed by atoms with Crippen molar-refractivity contribution < 1.29 is 14.7 Å². The Kier molecular flexibility index (Phi) is 2.68. The molecular formula is C12H19NO3. The van der Waals surface area contributed by atoms with E-state index in [1.807, 2.05) is 6.92 Å². The van der Waals surface area contributed by atoms with Crippen LogP contribution >= 0.6 is 0 Å². The zero-order chi connectivity index (χ0) is 11.9. The molecule has 2 unspecified atom stereocenters. The summed E-state index contributed by atoms with van der Waals surface area (Å²) in [5.41, 5.74) is -1.06. The summed E-state index contributed by atoms with van der Waals surface area (Å²) in [7, 11) is 0. The van der Waals surface area contributed by atoms with Crippen LogP contribution in [-0.2, 0) is 9.59 Å². The maximum atomic E-state index is 12.2. The lowest BCUT2D eigenvalue weighted by atomic mass is 9.90. The highest BCUT2D eigenvalue weighted by Crippen LogP contribution is 2.48. The highest BCUT2D eigenvalue weighted by Gasteiger charge is 2.59. The zero-order valence-corrected chi connectivity index (χ0v) is 9.90. The quantitative estimate of drug-likeness (QED) is 0.724.